The highest BCUT2D eigenvalue weighted by Gasteiger charge is 2.47. The van der Waals surface area contributed by atoms with Gasteiger partial charge in [-0.3, -0.25) is 14.5 Å². The third-order valence-corrected chi connectivity index (χ3v) is 5.34. The number of carbonyl (C=O) groups excluding carboxylic acids is 2. The van der Waals surface area contributed by atoms with Crippen LogP contribution in [0.15, 0.2) is 0 Å². The van der Waals surface area contributed by atoms with Crippen molar-refractivity contribution in [3.8, 4) is 0 Å². The number of aliphatic carboxylic acids is 1. The van der Waals surface area contributed by atoms with Gasteiger partial charge in [0, 0.05) is 12.8 Å². The molecule has 1 atom stereocenters. The first kappa shape index (κ1) is 16.3. The molecule has 1 saturated heterocycles. The molecular weight excluding hydrogens is 290 g/mol. The maximum absolute atomic E-state index is 12.4. The second-order valence-electron chi connectivity index (χ2n) is 6.21. The fourth-order valence-electron chi connectivity index (χ4n) is 3.61. The third-order valence-electron chi connectivity index (χ3n) is 4.70. The molecule has 2 aliphatic rings. The van der Waals surface area contributed by atoms with Gasteiger partial charge >= 0.3 is 5.97 Å². The number of carbonyl (C=O) groups is 3. The summed E-state index contributed by atoms with van der Waals surface area (Å²) in [4.78, 5) is 37.3. The van der Waals surface area contributed by atoms with Crippen molar-refractivity contribution in [2.24, 2.45) is 5.41 Å². The lowest BCUT2D eigenvalue weighted by molar-refractivity contribution is -0.165. The molecule has 1 heterocycles. The zero-order chi connectivity index (χ0) is 15.5. The molecule has 6 heteroatoms. The summed E-state index contributed by atoms with van der Waals surface area (Å²) in [5.41, 5.74) is -0.189. The van der Waals surface area contributed by atoms with E-state index in [-0.39, 0.29) is 17.2 Å². The number of carboxylic acid groups (broad SMARTS) is 1. The summed E-state index contributed by atoms with van der Waals surface area (Å²) in [5.74, 6) is -1.03. The average molecular weight is 313 g/mol. The van der Waals surface area contributed by atoms with Gasteiger partial charge < -0.3 is 5.11 Å². The van der Waals surface area contributed by atoms with E-state index in [0.717, 1.165) is 30.6 Å². The van der Waals surface area contributed by atoms with Crippen molar-refractivity contribution in [2.75, 3.05) is 12.0 Å². The van der Waals surface area contributed by atoms with Crippen LogP contribution >= 0.6 is 11.8 Å². The molecule has 2 rings (SSSR count). The van der Waals surface area contributed by atoms with Crippen LogP contribution in [0, 0.1) is 5.41 Å². The van der Waals surface area contributed by atoms with Gasteiger partial charge in [0.1, 0.15) is 6.04 Å². The molecule has 118 valence electrons. The molecule has 0 bridgehead atoms. The Morgan fingerprint density at radius 1 is 1.24 bits per heavy atom. The van der Waals surface area contributed by atoms with Crippen LogP contribution in [0.25, 0.3) is 0 Å². The first-order valence-electron chi connectivity index (χ1n) is 7.56. The predicted octanol–water partition coefficient (Wildman–Crippen LogP) is 2.29. The monoisotopic (exact) mass is 313 g/mol. The zero-order valence-corrected chi connectivity index (χ0v) is 13.3. The third kappa shape index (κ3) is 3.59. The van der Waals surface area contributed by atoms with Gasteiger partial charge in [-0.25, -0.2) is 4.79 Å². The van der Waals surface area contributed by atoms with Crippen molar-refractivity contribution in [1.29, 1.82) is 0 Å². The lowest BCUT2D eigenvalue weighted by Crippen LogP contribution is -2.55. The Labute approximate surface area is 129 Å². The van der Waals surface area contributed by atoms with E-state index in [2.05, 4.69) is 0 Å². The van der Waals surface area contributed by atoms with E-state index in [4.69, 9.17) is 0 Å². The quantitative estimate of drug-likeness (QED) is 0.788. The normalized spacial score (nSPS) is 23.4. The molecule has 2 amide bonds. The number of hydrogen-bond donors (Lipinski definition) is 1. The van der Waals surface area contributed by atoms with Gasteiger partial charge in [0.05, 0.1) is 0 Å². The van der Waals surface area contributed by atoms with Crippen molar-refractivity contribution in [3.63, 3.8) is 0 Å². The van der Waals surface area contributed by atoms with Crippen LogP contribution in [0.1, 0.15) is 51.4 Å². The maximum Gasteiger partial charge on any atom is 0.326 e. The van der Waals surface area contributed by atoms with Crippen LogP contribution in [0.2, 0.25) is 0 Å². The van der Waals surface area contributed by atoms with Crippen molar-refractivity contribution in [2.45, 2.75) is 57.4 Å². The summed E-state index contributed by atoms with van der Waals surface area (Å²) in [6.45, 7) is 0. The SMILES string of the molecule is CSCCC(C(=O)O)N1C(=O)CC2(CCCCC2)CC1=O. The van der Waals surface area contributed by atoms with Crippen LogP contribution in [-0.4, -0.2) is 45.8 Å². The van der Waals surface area contributed by atoms with Crippen molar-refractivity contribution in [3.05, 3.63) is 0 Å². The molecule has 1 N–H and O–H groups in total. The first-order valence-corrected chi connectivity index (χ1v) is 8.95. The van der Waals surface area contributed by atoms with Gasteiger partial charge in [0.25, 0.3) is 0 Å². The highest BCUT2D eigenvalue weighted by Crippen LogP contribution is 2.45. The van der Waals surface area contributed by atoms with E-state index in [0.29, 0.717) is 25.0 Å². The lowest BCUT2D eigenvalue weighted by atomic mass is 9.67. The summed E-state index contributed by atoms with van der Waals surface area (Å²) in [6, 6.07) is -1.00. The van der Waals surface area contributed by atoms with Crippen LogP contribution in [-0.2, 0) is 14.4 Å². The fraction of sp³-hybridized carbons (Fsp3) is 0.800. The van der Waals surface area contributed by atoms with Crippen LogP contribution in [0.3, 0.4) is 0 Å². The largest absolute Gasteiger partial charge is 0.480 e. The first-order chi connectivity index (χ1) is 9.99. The fourth-order valence-corrected chi connectivity index (χ4v) is 4.07. The standard InChI is InChI=1S/C15H23NO4S/c1-21-8-5-11(14(19)20)16-12(17)9-15(10-13(16)18)6-3-2-4-7-15/h11H,2-10H2,1H3,(H,19,20). The number of hydrogen-bond acceptors (Lipinski definition) is 4. The number of piperidine rings is 1. The summed E-state index contributed by atoms with van der Waals surface area (Å²) >= 11 is 1.52. The molecule has 1 saturated carbocycles. The molecule has 5 nitrogen and oxygen atoms in total. The lowest BCUT2D eigenvalue weighted by Gasteiger charge is -2.43. The Balaban J connectivity index is 2.13. The average Bonchev–Trinajstić information content (AvgIpc) is 2.42. The minimum Gasteiger partial charge on any atom is -0.480 e. The van der Waals surface area contributed by atoms with Gasteiger partial charge in [0.2, 0.25) is 11.8 Å². The second-order valence-corrected chi connectivity index (χ2v) is 7.19. The molecule has 1 spiro atoms. The molecule has 2 fully saturated rings. The Morgan fingerprint density at radius 3 is 2.29 bits per heavy atom. The van der Waals surface area contributed by atoms with Gasteiger partial charge in [-0.05, 0) is 36.7 Å². The molecule has 1 aliphatic carbocycles. The number of likely N-dealkylation sites (tertiary alicyclic amines) is 1. The minimum absolute atomic E-state index is 0.189. The topological polar surface area (TPSA) is 74.7 Å². The zero-order valence-electron chi connectivity index (χ0n) is 12.5. The molecule has 21 heavy (non-hydrogen) atoms. The Hall–Kier alpha value is -1.04. The Kier molecular flexibility index (Phi) is 5.30. The summed E-state index contributed by atoms with van der Waals surface area (Å²) in [6.07, 6.45) is 8.01. The highest BCUT2D eigenvalue weighted by molar-refractivity contribution is 7.98. The van der Waals surface area contributed by atoms with Crippen LogP contribution in [0.5, 0.6) is 0 Å². The summed E-state index contributed by atoms with van der Waals surface area (Å²) in [5, 5.41) is 9.33. The van der Waals surface area contributed by atoms with E-state index in [1.165, 1.54) is 18.2 Å². The summed E-state index contributed by atoms with van der Waals surface area (Å²) < 4.78 is 0. The number of nitrogens with zero attached hydrogens (tertiary/aromatic N) is 1. The number of thioether (sulfide) groups is 1. The number of rotatable bonds is 5. The van der Waals surface area contributed by atoms with Gasteiger partial charge in [-0.15, -0.1) is 0 Å². The van der Waals surface area contributed by atoms with E-state index in [1.807, 2.05) is 6.26 Å². The molecule has 0 aromatic rings. The molecule has 1 aliphatic heterocycles. The van der Waals surface area contributed by atoms with E-state index < -0.39 is 12.0 Å². The predicted molar refractivity (Wildman–Crippen MR) is 81.0 cm³/mol. The van der Waals surface area contributed by atoms with E-state index >= 15 is 0 Å². The highest BCUT2D eigenvalue weighted by atomic mass is 32.2. The van der Waals surface area contributed by atoms with E-state index in [1.54, 1.807) is 0 Å². The van der Waals surface area contributed by atoms with E-state index in [9.17, 15) is 19.5 Å². The molecule has 1 unspecified atom stereocenters. The van der Waals surface area contributed by atoms with Gasteiger partial charge in [-0.2, -0.15) is 11.8 Å². The van der Waals surface area contributed by atoms with Crippen LogP contribution < -0.4 is 0 Å². The number of amides is 2. The number of carboxylic acids is 1. The van der Waals surface area contributed by atoms with Crippen LogP contribution in [0.4, 0.5) is 0 Å². The maximum atomic E-state index is 12.4. The van der Waals surface area contributed by atoms with Crippen molar-refractivity contribution in [1.82, 2.24) is 4.90 Å². The summed E-state index contributed by atoms with van der Waals surface area (Å²) in [7, 11) is 0. The van der Waals surface area contributed by atoms with Crippen molar-refractivity contribution < 1.29 is 19.5 Å². The molecule has 0 aromatic heterocycles. The van der Waals surface area contributed by atoms with Crippen molar-refractivity contribution >= 4 is 29.5 Å². The molecule has 0 aromatic carbocycles. The van der Waals surface area contributed by atoms with Gasteiger partial charge in [-0.1, -0.05) is 19.3 Å². The Morgan fingerprint density at radius 2 is 1.81 bits per heavy atom. The minimum atomic E-state index is -1.08. The molecular formula is C15H23NO4S. The number of imide groups is 1. The second kappa shape index (κ2) is 6.81. The Bertz CT molecular complexity index is 411. The molecule has 0 radical (unpaired) electrons. The van der Waals surface area contributed by atoms with Gasteiger partial charge in [0.15, 0.2) is 0 Å². The smallest absolute Gasteiger partial charge is 0.326 e.